The summed E-state index contributed by atoms with van der Waals surface area (Å²) >= 11 is 0. The second kappa shape index (κ2) is 8.30. The number of amides is 2. The lowest BCUT2D eigenvalue weighted by Crippen LogP contribution is -2.38. The minimum Gasteiger partial charge on any atom is -0.492 e. The molecule has 0 spiro atoms. The van der Waals surface area contributed by atoms with Gasteiger partial charge in [-0.15, -0.1) is 0 Å². The third-order valence-corrected chi connectivity index (χ3v) is 4.92. The number of aromatic nitrogens is 2. The fraction of sp³-hybridized carbons (Fsp3) is 0.333. The zero-order valence-electron chi connectivity index (χ0n) is 16.1. The summed E-state index contributed by atoms with van der Waals surface area (Å²) < 4.78 is 10.8. The molecule has 29 heavy (non-hydrogen) atoms. The van der Waals surface area contributed by atoms with Gasteiger partial charge in [0, 0.05) is 19.2 Å². The first kappa shape index (κ1) is 18.9. The lowest BCUT2D eigenvalue weighted by molar-refractivity contribution is -0.128. The molecule has 8 heteroatoms. The van der Waals surface area contributed by atoms with E-state index in [1.54, 1.807) is 11.0 Å². The molecule has 8 nitrogen and oxygen atoms in total. The van der Waals surface area contributed by atoms with Crippen LogP contribution in [0.1, 0.15) is 29.4 Å². The van der Waals surface area contributed by atoms with Gasteiger partial charge in [0.25, 0.3) is 11.6 Å². The summed E-state index contributed by atoms with van der Waals surface area (Å²) in [6, 6.07) is 11.0. The van der Waals surface area contributed by atoms with Crippen molar-refractivity contribution in [1.82, 2.24) is 20.4 Å². The largest absolute Gasteiger partial charge is 0.492 e. The Balaban J connectivity index is 1.32. The normalized spacial score (nSPS) is 16.4. The SMILES string of the molecule is CCc1noc2ncc(C(=O)N[C@@H]3CC(=O)N(CCOc4ccccc4)C3)cc12. The molecule has 1 atom stereocenters. The van der Waals surface area contributed by atoms with Crippen molar-refractivity contribution in [1.29, 1.82) is 0 Å². The van der Waals surface area contributed by atoms with Gasteiger partial charge in [0.1, 0.15) is 12.4 Å². The Morgan fingerprint density at radius 3 is 2.97 bits per heavy atom. The fourth-order valence-electron chi connectivity index (χ4n) is 3.40. The highest BCUT2D eigenvalue weighted by atomic mass is 16.5. The van der Waals surface area contributed by atoms with Crippen molar-refractivity contribution in [3.05, 3.63) is 53.9 Å². The van der Waals surface area contributed by atoms with Crippen molar-refractivity contribution in [3.63, 3.8) is 0 Å². The molecule has 4 rings (SSSR count). The molecule has 0 bridgehead atoms. The van der Waals surface area contributed by atoms with Crippen LogP contribution >= 0.6 is 0 Å². The minimum atomic E-state index is -0.261. The predicted molar refractivity (Wildman–Crippen MR) is 106 cm³/mol. The van der Waals surface area contributed by atoms with Crippen LogP contribution < -0.4 is 10.1 Å². The number of fused-ring (bicyclic) bond motifs is 1. The first-order valence-electron chi connectivity index (χ1n) is 9.65. The summed E-state index contributed by atoms with van der Waals surface area (Å²) in [4.78, 5) is 30.7. The Labute approximate surface area is 167 Å². The highest BCUT2D eigenvalue weighted by Gasteiger charge is 2.30. The maximum absolute atomic E-state index is 12.6. The van der Waals surface area contributed by atoms with Gasteiger partial charge in [0.2, 0.25) is 5.91 Å². The van der Waals surface area contributed by atoms with E-state index in [1.165, 1.54) is 6.20 Å². The maximum atomic E-state index is 12.6. The Hall–Kier alpha value is -3.42. The van der Waals surface area contributed by atoms with Crippen molar-refractivity contribution in [2.24, 2.45) is 0 Å². The topological polar surface area (TPSA) is 97.6 Å². The van der Waals surface area contributed by atoms with Gasteiger partial charge >= 0.3 is 0 Å². The van der Waals surface area contributed by atoms with E-state index < -0.39 is 0 Å². The van der Waals surface area contributed by atoms with E-state index in [0.717, 1.165) is 16.8 Å². The fourth-order valence-corrected chi connectivity index (χ4v) is 3.40. The number of hydrogen-bond acceptors (Lipinski definition) is 6. The van der Waals surface area contributed by atoms with Gasteiger partial charge in [-0.1, -0.05) is 30.3 Å². The number of para-hydroxylation sites is 1. The first-order valence-corrected chi connectivity index (χ1v) is 9.65. The third kappa shape index (κ3) is 4.21. The summed E-state index contributed by atoms with van der Waals surface area (Å²) in [6.07, 6.45) is 2.43. The van der Waals surface area contributed by atoms with Gasteiger partial charge in [-0.2, -0.15) is 0 Å². The quantitative estimate of drug-likeness (QED) is 0.660. The molecule has 150 valence electrons. The molecule has 3 heterocycles. The Bertz CT molecular complexity index is 1020. The molecule has 1 aromatic carbocycles. The number of carbonyl (C=O) groups excluding carboxylic acids is 2. The predicted octanol–water partition coefficient (Wildman–Crippen LogP) is 2.19. The van der Waals surface area contributed by atoms with Crippen LogP contribution in [0.5, 0.6) is 5.75 Å². The van der Waals surface area contributed by atoms with Crippen molar-refractivity contribution >= 4 is 22.9 Å². The van der Waals surface area contributed by atoms with Crippen LogP contribution in [0.4, 0.5) is 0 Å². The van der Waals surface area contributed by atoms with Crippen LogP contribution in [0, 0.1) is 0 Å². The summed E-state index contributed by atoms with van der Waals surface area (Å²) in [5.74, 6) is 0.516. The van der Waals surface area contributed by atoms with E-state index in [1.807, 2.05) is 37.3 Å². The van der Waals surface area contributed by atoms with Gasteiger partial charge in [-0.05, 0) is 24.6 Å². The molecule has 2 aromatic heterocycles. The standard InChI is InChI=1S/C21H22N4O4/c1-2-18-17-10-14(12-22-21(17)29-24-18)20(27)23-15-11-19(26)25(13-15)8-9-28-16-6-4-3-5-7-16/h3-7,10,12,15H,2,8-9,11,13H2,1H3,(H,23,27)/t15-/m1/s1. The maximum Gasteiger partial charge on any atom is 0.257 e. The minimum absolute atomic E-state index is 0.00726. The lowest BCUT2D eigenvalue weighted by atomic mass is 10.1. The van der Waals surface area contributed by atoms with Gasteiger partial charge < -0.3 is 19.5 Å². The molecular formula is C21H22N4O4. The smallest absolute Gasteiger partial charge is 0.257 e. The molecule has 0 aliphatic carbocycles. The van der Waals surface area contributed by atoms with E-state index in [4.69, 9.17) is 9.26 Å². The van der Waals surface area contributed by atoms with Crippen molar-refractivity contribution in [2.75, 3.05) is 19.7 Å². The van der Waals surface area contributed by atoms with Crippen LogP contribution in [0.2, 0.25) is 0 Å². The highest BCUT2D eigenvalue weighted by molar-refractivity contribution is 5.97. The number of aryl methyl sites for hydroxylation is 1. The van der Waals surface area contributed by atoms with E-state index in [9.17, 15) is 9.59 Å². The van der Waals surface area contributed by atoms with Gasteiger partial charge in [0.15, 0.2) is 0 Å². The van der Waals surface area contributed by atoms with E-state index >= 15 is 0 Å². The first-order chi connectivity index (χ1) is 14.1. The molecule has 2 amide bonds. The monoisotopic (exact) mass is 394 g/mol. The number of carbonyl (C=O) groups is 2. The average Bonchev–Trinajstić information content (AvgIpc) is 3.31. The second-order valence-corrected chi connectivity index (χ2v) is 6.94. The van der Waals surface area contributed by atoms with Gasteiger partial charge in [0.05, 0.1) is 29.2 Å². The van der Waals surface area contributed by atoms with Gasteiger partial charge in [-0.25, -0.2) is 4.98 Å². The average molecular weight is 394 g/mol. The number of benzene rings is 1. The zero-order chi connectivity index (χ0) is 20.2. The van der Waals surface area contributed by atoms with Crippen LogP contribution in [-0.2, 0) is 11.2 Å². The molecule has 1 saturated heterocycles. The number of likely N-dealkylation sites (tertiary alicyclic amines) is 1. The molecule has 1 N–H and O–H groups in total. The molecule has 1 aliphatic rings. The number of ether oxygens (including phenoxy) is 1. The summed E-state index contributed by atoms with van der Waals surface area (Å²) in [7, 11) is 0. The summed E-state index contributed by atoms with van der Waals surface area (Å²) in [6.45, 7) is 3.31. The number of pyridine rings is 1. The van der Waals surface area contributed by atoms with Crippen molar-refractivity contribution < 1.29 is 18.8 Å². The van der Waals surface area contributed by atoms with Gasteiger partial charge in [-0.3, -0.25) is 9.59 Å². The molecule has 0 saturated carbocycles. The van der Waals surface area contributed by atoms with Crippen LogP contribution in [0.15, 0.2) is 47.1 Å². The molecule has 0 unspecified atom stereocenters. The van der Waals surface area contributed by atoms with E-state index in [2.05, 4.69) is 15.5 Å². The number of nitrogens with zero attached hydrogens (tertiary/aromatic N) is 3. The zero-order valence-corrected chi connectivity index (χ0v) is 16.1. The van der Waals surface area contributed by atoms with E-state index in [0.29, 0.717) is 37.4 Å². The van der Waals surface area contributed by atoms with Crippen LogP contribution in [0.25, 0.3) is 11.1 Å². The van der Waals surface area contributed by atoms with Crippen LogP contribution in [-0.4, -0.2) is 52.6 Å². The Morgan fingerprint density at radius 1 is 1.34 bits per heavy atom. The Kier molecular flexibility index (Phi) is 5.41. The van der Waals surface area contributed by atoms with Crippen molar-refractivity contribution in [2.45, 2.75) is 25.8 Å². The second-order valence-electron chi connectivity index (χ2n) is 6.94. The number of rotatable bonds is 7. The molecule has 0 radical (unpaired) electrons. The lowest BCUT2D eigenvalue weighted by Gasteiger charge is -2.17. The number of nitrogens with one attached hydrogen (secondary N) is 1. The third-order valence-electron chi connectivity index (χ3n) is 4.92. The number of hydrogen-bond donors (Lipinski definition) is 1. The van der Waals surface area contributed by atoms with Crippen LogP contribution in [0.3, 0.4) is 0 Å². The Morgan fingerprint density at radius 2 is 2.17 bits per heavy atom. The molecule has 1 fully saturated rings. The summed E-state index contributed by atoms with van der Waals surface area (Å²) in [5.41, 5.74) is 1.61. The molecule has 3 aromatic rings. The van der Waals surface area contributed by atoms with E-state index in [-0.39, 0.29) is 24.3 Å². The van der Waals surface area contributed by atoms with Crippen molar-refractivity contribution in [3.8, 4) is 5.75 Å². The molecule has 1 aliphatic heterocycles. The highest BCUT2D eigenvalue weighted by Crippen LogP contribution is 2.19. The summed E-state index contributed by atoms with van der Waals surface area (Å²) in [5, 5.41) is 7.62. The molecular weight excluding hydrogens is 372 g/mol.